The minimum Gasteiger partial charge on any atom is -0.469 e. The summed E-state index contributed by atoms with van der Waals surface area (Å²) in [4.78, 5) is 24.0. The topological polar surface area (TPSA) is 55.4 Å². The Balaban J connectivity index is 2.15. The highest BCUT2D eigenvalue weighted by Gasteiger charge is 2.40. The Morgan fingerprint density at radius 3 is 2.64 bits per heavy atom. The molecule has 120 valence electrons. The van der Waals surface area contributed by atoms with E-state index in [1.807, 2.05) is 24.3 Å². The van der Waals surface area contributed by atoms with Crippen LogP contribution in [0.15, 0.2) is 24.3 Å². The lowest BCUT2D eigenvalue weighted by molar-refractivity contribution is -0.140. The van der Waals surface area contributed by atoms with Crippen LogP contribution >= 0.6 is 11.6 Å². The first-order valence-corrected chi connectivity index (χ1v) is 8.07. The number of nitrogens with one attached hydrogen (secondary N) is 1. The van der Waals surface area contributed by atoms with Crippen molar-refractivity contribution < 1.29 is 14.3 Å². The van der Waals surface area contributed by atoms with Crippen molar-refractivity contribution in [1.82, 2.24) is 5.32 Å². The predicted octanol–water partition coefficient (Wildman–Crippen LogP) is 3.22. The van der Waals surface area contributed by atoms with Gasteiger partial charge in [0.15, 0.2) is 0 Å². The second-order valence-electron chi connectivity index (χ2n) is 5.74. The maximum absolute atomic E-state index is 12.8. The highest BCUT2D eigenvalue weighted by Crippen LogP contribution is 2.40. The van der Waals surface area contributed by atoms with Crippen molar-refractivity contribution in [1.29, 1.82) is 0 Å². The van der Waals surface area contributed by atoms with Crippen molar-refractivity contribution in [3.63, 3.8) is 0 Å². The summed E-state index contributed by atoms with van der Waals surface area (Å²) in [6.07, 6.45) is 5.02. The zero-order valence-corrected chi connectivity index (χ0v) is 13.6. The molecular formula is C17H22ClNO3. The molecule has 2 rings (SSSR count). The van der Waals surface area contributed by atoms with E-state index >= 15 is 0 Å². The third-order valence-electron chi connectivity index (χ3n) is 4.36. The molecule has 1 aliphatic rings. The van der Waals surface area contributed by atoms with Gasteiger partial charge in [0.25, 0.3) is 0 Å². The Bertz CT molecular complexity index is 538. The van der Waals surface area contributed by atoms with Crippen molar-refractivity contribution in [2.75, 3.05) is 13.7 Å². The molecule has 0 heterocycles. The highest BCUT2D eigenvalue weighted by molar-refractivity contribution is 6.30. The summed E-state index contributed by atoms with van der Waals surface area (Å²) < 4.78 is 4.60. The number of carbonyl (C=O) groups excluding carboxylic acids is 2. The molecule has 0 spiro atoms. The lowest BCUT2D eigenvalue weighted by Gasteiger charge is -2.36. The zero-order valence-electron chi connectivity index (χ0n) is 12.9. The summed E-state index contributed by atoms with van der Waals surface area (Å²) >= 11 is 6.10. The fraction of sp³-hybridized carbons (Fsp3) is 0.529. The van der Waals surface area contributed by atoms with Crippen LogP contribution in [-0.4, -0.2) is 25.5 Å². The molecule has 0 atom stereocenters. The van der Waals surface area contributed by atoms with Gasteiger partial charge in [-0.3, -0.25) is 9.59 Å². The van der Waals surface area contributed by atoms with Crippen molar-refractivity contribution in [3.8, 4) is 0 Å². The van der Waals surface area contributed by atoms with E-state index in [9.17, 15) is 9.59 Å². The molecular weight excluding hydrogens is 302 g/mol. The van der Waals surface area contributed by atoms with Crippen LogP contribution in [0.3, 0.4) is 0 Å². The van der Waals surface area contributed by atoms with Gasteiger partial charge in [0.1, 0.15) is 0 Å². The third-order valence-corrected chi connectivity index (χ3v) is 4.60. The van der Waals surface area contributed by atoms with Crippen LogP contribution < -0.4 is 5.32 Å². The van der Waals surface area contributed by atoms with E-state index < -0.39 is 5.41 Å². The first-order chi connectivity index (χ1) is 10.6. The molecule has 0 radical (unpaired) electrons. The van der Waals surface area contributed by atoms with Gasteiger partial charge in [-0.25, -0.2) is 0 Å². The maximum Gasteiger partial charge on any atom is 0.307 e. The van der Waals surface area contributed by atoms with Gasteiger partial charge in [-0.1, -0.05) is 43.0 Å². The minimum absolute atomic E-state index is 0.0154. The van der Waals surface area contributed by atoms with Crippen LogP contribution in [0, 0.1) is 0 Å². The van der Waals surface area contributed by atoms with E-state index in [0.717, 1.165) is 37.7 Å². The molecule has 5 heteroatoms. The number of methoxy groups -OCH3 is 1. The fourth-order valence-electron chi connectivity index (χ4n) is 3.14. The third kappa shape index (κ3) is 3.80. The first-order valence-electron chi connectivity index (χ1n) is 7.70. The van der Waals surface area contributed by atoms with Crippen LogP contribution in [0.2, 0.25) is 5.02 Å². The van der Waals surface area contributed by atoms with E-state index in [2.05, 4.69) is 10.1 Å². The number of hydrogen-bond donors (Lipinski definition) is 1. The molecule has 1 aromatic carbocycles. The molecule has 1 N–H and O–H groups in total. The van der Waals surface area contributed by atoms with Crippen LogP contribution in [0.25, 0.3) is 0 Å². The molecule has 0 saturated heterocycles. The Morgan fingerprint density at radius 2 is 2.00 bits per heavy atom. The lowest BCUT2D eigenvalue weighted by atomic mass is 9.68. The summed E-state index contributed by atoms with van der Waals surface area (Å²) in [7, 11) is 1.35. The summed E-state index contributed by atoms with van der Waals surface area (Å²) in [5, 5.41) is 3.54. The summed E-state index contributed by atoms with van der Waals surface area (Å²) in [5.41, 5.74) is 0.439. The molecule has 0 unspecified atom stereocenters. The SMILES string of the molecule is COC(=O)CCNC(=O)C1(c2cccc(Cl)c2)CCCCC1. The van der Waals surface area contributed by atoms with Gasteiger partial charge < -0.3 is 10.1 Å². The number of esters is 1. The quantitative estimate of drug-likeness (QED) is 0.846. The molecule has 1 aromatic rings. The van der Waals surface area contributed by atoms with Gasteiger partial charge in [0.05, 0.1) is 18.9 Å². The molecule has 0 bridgehead atoms. The second kappa shape index (κ2) is 7.63. The number of benzene rings is 1. The van der Waals surface area contributed by atoms with Crippen LogP contribution in [-0.2, 0) is 19.7 Å². The van der Waals surface area contributed by atoms with E-state index in [1.54, 1.807) is 0 Å². The monoisotopic (exact) mass is 323 g/mol. The van der Waals surface area contributed by atoms with Gasteiger partial charge in [-0.15, -0.1) is 0 Å². The second-order valence-corrected chi connectivity index (χ2v) is 6.17. The number of halogens is 1. The Hall–Kier alpha value is -1.55. The highest BCUT2D eigenvalue weighted by atomic mass is 35.5. The van der Waals surface area contributed by atoms with Crippen molar-refractivity contribution in [2.24, 2.45) is 0 Å². The van der Waals surface area contributed by atoms with Gasteiger partial charge in [-0.2, -0.15) is 0 Å². The van der Waals surface area contributed by atoms with E-state index in [4.69, 9.17) is 11.6 Å². The zero-order chi connectivity index (χ0) is 16.0. The summed E-state index contributed by atoms with van der Waals surface area (Å²) in [5.74, 6) is -0.334. The molecule has 1 amide bonds. The molecule has 4 nitrogen and oxygen atoms in total. The summed E-state index contributed by atoms with van der Waals surface area (Å²) in [6, 6.07) is 7.55. The van der Waals surface area contributed by atoms with Gasteiger partial charge in [0.2, 0.25) is 5.91 Å². The van der Waals surface area contributed by atoms with E-state index in [1.165, 1.54) is 7.11 Å². The largest absolute Gasteiger partial charge is 0.469 e. The van der Waals surface area contributed by atoms with Crippen LogP contribution in [0.4, 0.5) is 0 Å². The average molecular weight is 324 g/mol. The standard InChI is InChI=1S/C17H22ClNO3/c1-22-15(20)8-11-19-16(21)17(9-3-2-4-10-17)13-6-5-7-14(18)12-13/h5-7,12H,2-4,8-11H2,1H3,(H,19,21). The fourth-order valence-corrected chi connectivity index (χ4v) is 3.33. The number of carbonyl (C=O) groups is 2. The number of amides is 1. The molecule has 1 saturated carbocycles. The van der Waals surface area contributed by atoms with Gasteiger partial charge >= 0.3 is 5.97 Å². The summed E-state index contributed by atoms with van der Waals surface area (Å²) in [6.45, 7) is 0.299. The molecule has 1 aliphatic carbocycles. The Kier molecular flexibility index (Phi) is 5.83. The first kappa shape index (κ1) is 16.8. The van der Waals surface area contributed by atoms with E-state index in [0.29, 0.717) is 11.6 Å². The van der Waals surface area contributed by atoms with E-state index in [-0.39, 0.29) is 18.3 Å². The molecule has 22 heavy (non-hydrogen) atoms. The smallest absolute Gasteiger partial charge is 0.307 e. The van der Waals surface area contributed by atoms with Gasteiger partial charge in [0, 0.05) is 11.6 Å². The van der Waals surface area contributed by atoms with Crippen molar-refractivity contribution in [3.05, 3.63) is 34.9 Å². The van der Waals surface area contributed by atoms with Crippen molar-refractivity contribution in [2.45, 2.75) is 43.9 Å². The van der Waals surface area contributed by atoms with Crippen LogP contribution in [0.5, 0.6) is 0 Å². The number of ether oxygens (including phenoxy) is 1. The predicted molar refractivity (Wildman–Crippen MR) is 85.9 cm³/mol. The normalized spacial score (nSPS) is 16.8. The number of rotatable bonds is 5. The Labute approximate surface area is 136 Å². The van der Waals surface area contributed by atoms with Crippen LogP contribution in [0.1, 0.15) is 44.1 Å². The molecule has 0 aliphatic heterocycles. The van der Waals surface area contributed by atoms with Gasteiger partial charge in [-0.05, 0) is 30.5 Å². The molecule has 0 aromatic heterocycles. The van der Waals surface area contributed by atoms with Crippen molar-refractivity contribution >= 4 is 23.5 Å². The molecule has 1 fully saturated rings. The minimum atomic E-state index is -0.529. The maximum atomic E-state index is 12.8. The Morgan fingerprint density at radius 1 is 1.27 bits per heavy atom. The number of hydrogen-bond acceptors (Lipinski definition) is 3. The average Bonchev–Trinajstić information content (AvgIpc) is 2.55. The lowest BCUT2D eigenvalue weighted by Crippen LogP contribution is -2.46.